The summed E-state index contributed by atoms with van der Waals surface area (Å²) in [5, 5.41) is 2.16. The van der Waals surface area contributed by atoms with E-state index in [-0.39, 0.29) is 0 Å². The monoisotopic (exact) mass is 214 g/mol. The van der Waals surface area contributed by atoms with Crippen LogP contribution in [0.3, 0.4) is 0 Å². The summed E-state index contributed by atoms with van der Waals surface area (Å²) in [6.45, 7) is 3.89. The lowest BCUT2D eigenvalue weighted by atomic mass is 10.0. The van der Waals surface area contributed by atoms with Gasteiger partial charge in [-0.05, 0) is 17.5 Å². The first-order valence-electron chi connectivity index (χ1n) is 5.07. The SMILES string of the molecule is C=C(OC)c1ccc(OC)c2ccccc12. The summed E-state index contributed by atoms with van der Waals surface area (Å²) in [5.41, 5.74) is 0.999. The predicted molar refractivity (Wildman–Crippen MR) is 66.5 cm³/mol. The van der Waals surface area contributed by atoms with Gasteiger partial charge in [-0.25, -0.2) is 0 Å². The summed E-state index contributed by atoms with van der Waals surface area (Å²) in [6, 6.07) is 11.9. The quantitative estimate of drug-likeness (QED) is 0.728. The molecule has 0 aliphatic heterocycles. The van der Waals surface area contributed by atoms with Crippen molar-refractivity contribution in [1.29, 1.82) is 0 Å². The fraction of sp³-hybridized carbons (Fsp3) is 0.143. The maximum Gasteiger partial charge on any atom is 0.126 e. The molecular formula is C14H14O2. The molecule has 0 bridgehead atoms. The van der Waals surface area contributed by atoms with Crippen LogP contribution in [0.5, 0.6) is 5.75 Å². The molecule has 0 aliphatic rings. The molecule has 0 atom stereocenters. The average molecular weight is 214 g/mol. The number of fused-ring (bicyclic) bond motifs is 1. The van der Waals surface area contributed by atoms with Gasteiger partial charge in [-0.3, -0.25) is 0 Å². The summed E-state index contributed by atoms with van der Waals surface area (Å²) in [6.07, 6.45) is 0. The van der Waals surface area contributed by atoms with Crippen molar-refractivity contribution in [3.8, 4) is 5.75 Å². The lowest BCUT2D eigenvalue weighted by molar-refractivity contribution is 0.372. The molecule has 0 unspecified atom stereocenters. The number of rotatable bonds is 3. The zero-order chi connectivity index (χ0) is 11.5. The summed E-state index contributed by atoms with van der Waals surface area (Å²) >= 11 is 0. The molecule has 2 nitrogen and oxygen atoms in total. The van der Waals surface area contributed by atoms with Crippen LogP contribution >= 0.6 is 0 Å². The maximum absolute atomic E-state index is 5.33. The van der Waals surface area contributed by atoms with Crippen LogP contribution in [0.4, 0.5) is 0 Å². The lowest BCUT2D eigenvalue weighted by Gasteiger charge is -2.11. The van der Waals surface area contributed by atoms with E-state index in [2.05, 4.69) is 6.58 Å². The summed E-state index contributed by atoms with van der Waals surface area (Å²) < 4.78 is 10.5. The summed E-state index contributed by atoms with van der Waals surface area (Å²) in [5.74, 6) is 1.53. The highest BCUT2D eigenvalue weighted by Gasteiger charge is 2.08. The van der Waals surface area contributed by atoms with Crippen LogP contribution < -0.4 is 4.74 Å². The van der Waals surface area contributed by atoms with Crippen molar-refractivity contribution in [2.75, 3.05) is 14.2 Å². The average Bonchev–Trinajstić information content (AvgIpc) is 2.36. The van der Waals surface area contributed by atoms with Gasteiger partial charge in [0.05, 0.1) is 14.2 Å². The number of hydrogen-bond acceptors (Lipinski definition) is 2. The van der Waals surface area contributed by atoms with Gasteiger partial charge < -0.3 is 9.47 Å². The fourth-order valence-corrected chi connectivity index (χ4v) is 1.80. The largest absolute Gasteiger partial charge is 0.497 e. The minimum Gasteiger partial charge on any atom is -0.497 e. The van der Waals surface area contributed by atoms with Crippen molar-refractivity contribution >= 4 is 16.5 Å². The second-order valence-electron chi connectivity index (χ2n) is 3.49. The van der Waals surface area contributed by atoms with E-state index in [0.717, 1.165) is 22.1 Å². The summed E-state index contributed by atoms with van der Waals surface area (Å²) in [4.78, 5) is 0. The van der Waals surface area contributed by atoms with Crippen LogP contribution in [0, 0.1) is 0 Å². The number of benzene rings is 2. The van der Waals surface area contributed by atoms with Crippen LogP contribution in [0.15, 0.2) is 43.0 Å². The Balaban J connectivity index is 2.74. The van der Waals surface area contributed by atoms with Gasteiger partial charge in [0, 0.05) is 10.9 Å². The second-order valence-corrected chi connectivity index (χ2v) is 3.49. The van der Waals surface area contributed by atoms with Crippen molar-refractivity contribution in [2.24, 2.45) is 0 Å². The maximum atomic E-state index is 5.33. The van der Waals surface area contributed by atoms with Gasteiger partial charge in [0.15, 0.2) is 0 Å². The predicted octanol–water partition coefficient (Wildman–Crippen LogP) is 3.47. The Labute approximate surface area is 95.1 Å². The van der Waals surface area contributed by atoms with Crippen LogP contribution in [-0.2, 0) is 4.74 Å². The molecular weight excluding hydrogens is 200 g/mol. The molecule has 2 rings (SSSR count). The molecule has 2 heteroatoms. The van der Waals surface area contributed by atoms with E-state index in [9.17, 15) is 0 Å². The van der Waals surface area contributed by atoms with E-state index in [1.807, 2.05) is 36.4 Å². The molecule has 0 N–H and O–H groups in total. The molecule has 2 aromatic rings. The van der Waals surface area contributed by atoms with Crippen LogP contribution in [0.2, 0.25) is 0 Å². The molecule has 0 fully saturated rings. The topological polar surface area (TPSA) is 18.5 Å². The van der Waals surface area contributed by atoms with E-state index in [1.54, 1.807) is 14.2 Å². The van der Waals surface area contributed by atoms with Gasteiger partial charge in [-0.15, -0.1) is 0 Å². The zero-order valence-electron chi connectivity index (χ0n) is 9.49. The molecule has 0 spiro atoms. The van der Waals surface area contributed by atoms with E-state index < -0.39 is 0 Å². The highest BCUT2D eigenvalue weighted by Crippen LogP contribution is 2.31. The highest BCUT2D eigenvalue weighted by atomic mass is 16.5. The third-order valence-electron chi connectivity index (χ3n) is 2.65. The Morgan fingerprint density at radius 2 is 1.69 bits per heavy atom. The third-order valence-corrected chi connectivity index (χ3v) is 2.65. The Morgan fingerprint density at radius 1 is 1.00 bits per heavy atom. The number of methoxy groups -OCH3 is 2. The van der Waals surface area contributed by atoms with Gasteiger partial charge in [0.25, 0.3) is 0 Å². The zero-order valence-corrected chi connectivity index (χ0v) is 9.49. The Hall–Kier alpha value is -1.96. The summed E-state index contributed by atoms with van der Waals surface area (Å²) in [7, 11) is 3.30. The van der Waals surface area contributed by atoms with Crippen LogP contribution in [0.25, 0.3) is 16.5 Å². The third kappa shape index (κ3) is 1.63. The van der Waals surface area contributed by atoms with Gasteiger partial charge in [-0.1, -0.05) is 30.8 Å². The number of hydrogen-bond donors (Lipinski definition) is 0. The highest BCUT2D eigenvalue weighted by molar-refractivity contribution is 5.96. The van der Waals surface area contributed by atoms with Gasteiger partial charge in [0.2, 0.25) is 0 Å². The van der Waals surface area contributed by atoms with Gasteiger partial charge in [-0.2, -0.15) is 0 Å². The first-order valence-corrected chi connectivity index (χ1v) is 5.07. The molecule has 0 aromatic heterocycles. The molecule has 0 radical (unpaired) electrons. The molecule has 82 valence electrons. The van der Waals surface area contributed by atoms with E-state index >= 15 is 0 Å². The lowest BCUT2D eigenvalue weighted by Crippen LogP contribution is -1.91. The molecule has 0 aliphatic carbocycles. The number of ether oxygens (including phenoxy) is 2. The van der Waals surface area contributed by atoms with E-state index in [4.69, 9.17) is 9.47 Å². The molecule has 0 heterocycles. The second kappa shape index (κ2) is 4.27. The molecule has 16 heavy (non-hydrogen) atoms. The molecule has 0 saturated heterocycles. The van der Waals surface area contributed by atoms with E-state index in [1.165, 1.54) is 0 Å². The normalized spacial score (nSPS) is 10.1. The van der Waals surface area contributed by atoms with Crippen molar-refractivity contribution in [1.82, 2.24) is 0 Å². The molecule has 0 amide bonds. The fourth-order valence-electron chi connectivity index (χ4n) is 1.80. The van der Waals surface area contributed by atoms with Crippen molar-refractivity contribution in [3.63, 3.8) is 0 Å². The Kier molecular flexibility index (Phi) is 2.82. The van der Waals surface area contributed by atoms with Crippen LogP contribution in [-0.4, -0.2) is 14.2 Å². The smallest absolute Gasteiger partial charge is 0.126 e. The Bertz CT molecular complexity index is 529. The molecule has 0 saturated carbocycles. The molecule has 2 aromatic carbocycles. The van der Waals surface area contributed by atoms with Crippen molar-refractivity contribution < 1.29 is 9.47 Å². The van der Waals surface area contributed by atoms with E-state index in [0.29, 0.717) is 5.76 Å². The Morgan fingerprint density at radius 3 is 2.31 bits per heavy atom. The van der Waals surface area contributed by atoms with Gasteiger partial charge >= 0.3 is 0 Å². The standard InChI is InChI=1S/C14H14O2/c1-10(15-2)11-8-9-14(16-3)13-7-5-4-6-12(11)13/h4-9H,1H2,2-3H3. The minimum atomic E-state index is 0.666. The first-order chi connectivity index (χ1) is 7.77. The minimum absolute atomic E-state index is 0.666. The first kappa shape index (κ1) is 10.6. The van der Waals surface area contributed by atoms with Crippen LogP contribution in [0.1, 0.15) is 5.56 Å². The van der Waals surface area contributed by atoms with Gasteiger partial charge in [0.1, 0.15) is 11.5 Å². The van der Waals surface area contributed by atoms with Crippen molar-refractivity contribution in [3.05, 3.63) is 48.5 Å². The van der Waals surface area contributed by atoms with Crippen molar-refractivity contribution in [2.45, 2.75) is 0 Å².